The van der Waals surface area contributed by atoms with Crippen molar-refractivity contribution in [3.05, 3.63) is 63.1 Å². The van der Waals surface area contributed by atoms with E-state index in [1.165, 1.54) is 11.0 Å². The molecule has 5 nitrogen and oxygen atoms in total. The van der Waals surface area contributed by atoms with Crippen molar-refractivity contribution in [1.82, 2.24) is 10.2 Å². The molecule has 0 spiro atoms. The number of hydrogen-bond donors (Lipinski definition) is 1. The molecule has 162 valence electrons. The topological polar surface area (TPSA) is 58.6 Å². The third kappa shape index (κ3) is 7.38. The summed E-state index contributed by atoms with van der Waals surface area (Å²) in [7, 11) is 0. The van der Waals surface area contributed by atoms with E-state index >= 15 is 0 Å². The summed E-state index contributed by atoms with van der Waals surface area (Å²) in [5, 5.41) is 4.22. The summed E-state index contributed by atoms with van der Waals surface area (Å²) in [5.41, 5.74) is 0.375. The number of hydrogen-bond acceptors (Lipinski definition) is 3. The summed E-state index contributed by atoms with van der Waals surface area (Å²) < 4.78 is 5.59. The Labute approximate surface area is 192 Å². The first kappa shape index (κ1) is 24.3. The normalized spacial score (nSPS) is 12.2. The lowest BCUT2D eigenvalue weighted by molar-refractivity contribution is -0.142. The van der Waals surface area contributed by atoms with Gasteiger partial charge in [-0.25, -0.2) is 0 Å². The van der Waals surface area contributed by atoms with Crippen LogP contribution in [-0.2, 0) is 16.1 Å². The van der Waals surface area contributed by atoms with E-state index in [0.717, 1.165) is 5.56 Å². The molecule has 8 heteroatoms. The minimum absolute atomic E-state index is 0.204. The first-order valence-electron chi connectivity index (χ1n) is 9.40. The molecule has 2 aromatic carbocycles. The Morgan fingerprint density at radius 2 is 1.73 bits per heavy atom. The van der Waals surface area contributed by atoms with Crippen LogP contribution in [-0.4, -0.2) is 34.9 Å². The van der Waals surface area contributed by atoms with Gasteiger partial charge in [0.05, 0.1) is 5.02 Å². The van der Waals surface area contributed by atoms with Crippen LogP contribution in [0.2, 0.25) is 15.1 Å². The lowest BCUT2D eigenvalue weighted by atomic mass is 10.1. The van der Waals surface area contributed by atoms with Crippen LogP contribution in [0, 0.1) is 0 Å². The van der Waals surface area contributed by atoms with Crippen molar-refractivity contribution in [2.24, 2.45) is 0 Å². The third-order valence-corrected chi connectivity index (χ3v) is 4.92. The first-order chi connectivity index (χ1) is 14.0. The fraction of sp³-hybridized carbons (Fsp3) is 0.364. The molecule has 2 amide bonds. The molecule has 0 radical (unpaired) electrons. The molecule has 0 aliphatic carbocycles. The van der Waals surface area contributed by atoms with Crippen LogP contribution in [0.1, 0.15) is 33.3 Å². The summed E-state index contributed by atoms with van der Waals surface area (Å²) in [4.78, 5) is 27.2. The van der Waals surface area contributed by atoms with Gasteiger partial charge in [-0.1, -0.05) is 46.9 Å². The molecule has 0 saturated heterocycles. The maximum atomic E-state index is 13.0. The highest BCUT2D eigenvalue weighted by molar-refractivity contribution is 6.35. The van der Waals surface area contributed by atoms with E-state index < -0.39 is 11.6 Å². The van der Waals surface area contributed by atoms with Gasteiger partial charge in [-0.2, -0.15) is 0 Å². The molecule has 1 N–H and O–H groups in total. The van der Waals surface area contributed by atoms with Gasteiger partial charge in [0, 0.05) is 22.1 Å². The number of halogens is 3. The number of ether oxygens (including phenoxy) is 1. The standard InChI is InChI=1S/C22H25Cl3N2O3/c1-14(21(29)26-22(2,3)4)27(12-15-6-5-7-16(23)10-15)20(28)13-30-19-9-8-17(24)11-18(19)25/h5-11,14H,12-13H2,1-4H3,(H,26,29)/t14-/m1/s1. The van der Waals surface area contributed by atoms with E-state index in [0.29, 0.717) is 20.8 Å². The summed E-state index contributed by atoms with van der Waals surface area (Å²) in [6.45, 7) is 7.24. The van der Waals surface area contributed by atoms with Gasteiger partial charge < -0.3 is 15.0 Å². The van der Waals surface area contributed by atoms with E-state index in [4.69, 9.17) is 39.5 Å². The molecule has 2 rings (SSSR count). The molecule has 0 fully saturated rings. The second kappa shape index (κ2) is 10.4. The van der Waals surface area contributed by atoms with Crippen molar-refractivity contribution in [3.63, 3.8) is 0 Å². The number of carbonyl (C=O) groups is 2. The van der Waals surface area contributed by atoms with Crippen LogP contribution in [0.4, 0.5) is 0 Å². The molecule has 2 aromatic rings. The fourth-order valence-electron chi connectivity index (χ4n) is 2.70. The van der Waals surface area contributed by atoms with Gasteiger partial charge in [0.2, 0.25) is 5.91 Å². The van der Waals surface area contributed by atoms with Crippen LogP contribution in [0.5, 0.6) is 5.75 Å². The third-order valence-electron chi connectivity index (χ3n) is 4.15. The molecule has 0 aromatic heterocycles. The van der Waals surface area contributed by atoms with Crippen LogP contribution in [0.15, 0.2) is 42.5 Å². The van der Waals surface area contributed by atoms with Gasteiger partial charge >= 0.3 is 0 Å². The minimum atomic E-state index is -0.722. The quantitative estimate of drug-likeness (QED) is 0.591. The second-order valence-electron chi connectivity index (χ2n) is 7.93. The predicted octanol–water partition coefficient (Wildman–Crippen LogP) is 5.36. The predicted molar refractivity (Wildman–Crippen MR) is 121 cm³/mol. The average Bonchev–Trinajstić information content (AvgIpc) is 2.63. The Kier molecular flexibility index (Phi) is 8.42. The van der Waals surface area contributed by atoms with Gasteiger partial charge in [-0.05, 0) is 63.6 Å². The molecular weight excluding hydrogens is 447 g/mol. The summed E-state index contributed by atoms with van der Waals surface area (Å²) in [5.74, 6) is -0.288. The monoisotopic (exact) mass is 470 g/mol. The number of nitrogens with zero attached hydrogens (tertiary/aromatic N) is 1. The van der Waals surface area contributed by atoms with E-state index in [1.54, 1.807) is 37.3 Å². The van der Waals surface area contributed by atoms with Crippen molar-refractivity contribution in [1.29, 1.82) is 0 Å². The fourth-order valence-corrected chi connectivity index (χ4v) is 3.38. The van der Waals surface area contributed by atoms with E-state index in [9.17, 15) is 9.59 Å². The Morgan fingerprint density at radius 1 is 1.07 bits per heavy atom. The van der Waals surface area contributed by atoms with Gasteiger partial charge in [0.15, 0.2) is 6.61 Å². The number of rotatable bonds is 7. The van der Waals surface area contributed by atoms with Crippen molar-refractivity contribution in [2.45, 2.75) is 45.8 Å². The molecule has 0 unspecified atom stereocenters. The maximum absolute atomic E-state index is 13.0. The van der Waals surface area contributed by atoms with Gasteiger partial charge in [-0.15, -0.1) is 0 Å². The van der Waals surface area contributed by atoms with Crippen molar-refractivity contribution < 1.29 is 14.3 Å². The van der Waals surface area contributed by atoms with Crippen LogP contribution >= 0.6 is 34.8 Å². The van der Waals surface area contributed by atoms with Crippen LogP contribution in [0.25, 0.3) is 0 Å². The molecule has 0 aliphatic heterocycles. The van der Waals surface area contributed by atoms with Crippen molar-refractivity contribution in [3.8, 4) is 5.75 Å². The van der Waals surface area contributed by atoms with E-state index in [1.807, 2.05) is 26.8 Å². The zero-order valence-corrected chi connectivity index (χ0v) is 19.6. The zero-order chi connectivity index (χ0) is 22.5. The van der Waals surface area contributed by atoms with E-state index in [-0.39, 0.29) is 25.0 Å². The highest BCUT2D eigenvalue weighted by atomic mass is 35.5. The average molecular weight is 472 g/mol. The van der Waals surface area contributed by atoms with Gasteiger partial charge in [-0.3, -0.25) is 9.59 Å². The van der Waals surface area contributed by atoms with E-state index in [2.05, 4.69) is 5.32 Å². The molecule has 0 aliphatic rings. The SMILES string of the molecule is C[C@H](C(=O)NC(C)(C)C)N(Cc1cccc(Cl)c1)C(=O)COc1ccc(Cl)cc1Cl. The van der Waals surface area contributed by atoms with Crippen molar-refractivity contribution in [2.75, 3.05) is 6.61 Å². The van der Waals surface area contributed by atoms with Crippen LogP contribution < -0.4 is 10.1 Å². The highest BCUT2D eigenvalue weighted by Crippen LogP contribution is 2.27. The summed E-state index contributed by atoms with van der Waals surface area (Å²) in [6, 6.07) is 11.2. The Bertz CT molecular complexity index is 913. The smallest absolute Gasteiger partial charge is 0.261 e. The second-order valence-corrected chi connectivity index (χ2v) is 9.21. The highest BCUT2D eigenvalue weighted by Gasteiger charge is 2.28. The Hall–Kier alpha value is -1.95. The van der Waals surface area contributed by atoms with Gasteiger partial charge in [0.25, 0.3) is 5.91 Å². The molecule has 1 atom stereocenters. The van der Waals surface area contributed by atoms with Crippen LogP contribution in [0.3, 0.4) is 0 Å². The lowest BCUT2D eigenvalue weighted by Crippen LogP contribution is -2.53. The number of carbonyl (C=O) groups excluding carboxylic acids is 2. The Morgan fingerprint density at radius 3 is 2.33 bits per heavy atom. The molecule has 0 saturated carbocycles. The zero-order valence-electron chi connectivity index (χ0n) is 17.3. The maximum Gasteiger partial charge on any atom is 0.261 e. The number of benzene rings is 2. The molecular formula is C22H25Cl3N2O3. The number of nitrogens with one attached hydrogen (secondary N) is 1. The molecule has 0 bridgehead atoms. The summed E-state index contributed by atoms with van der Waals surface area (Å²) >= 11 is 18.1. The Balaban J connectivity index is 2.20. The minimum Gasteiger partial charge on any atom is -0.482 e. The first-order valence-corrected chi connectivity index (χ1v) is 10.5. The number of amides is 2. The summed E-state index contributed by atoms with van der Waals surface area (Å²) in [6.07, 6.45) is 0. The van der Waals surface area contributed by atoms with Crippen molar-refractivity contribution >= 4 is 46.6 Å². The molecule has 0 heterocycles. The lowest BCUT2D eigenvalue weighted by Gasteiger charge is -2.31. The molecule has 30 heavy (non-hydrogen) atoms. The largest absolute Gasteiger partial charge is 0.482 e. The van der Waals surface area contributed by atoms with Gasteiger partial charge in [0.1, 0.15) is 11.8 Å².